The molecule has 11 heteroatoms. The molecule has 0 bridgehead atoms. The Kier molecular flexibility index (Phi) is 8.06. The second-order valence-corrected chi connectivity index (χ2v) is 13.5. The van der Waals surface area contributed by atoms with Crippen molar-refractivity contribution in [3.05, 3.63) is 58.7 Å². The highest BCUT2D eigenvalue weighted by atomic mass is 35.5. The van der Waals surface area contributed by atoms with Crippen molar-refractivity contribution >= 4 is 56.1 Å². The third-order valence-corrected chi connectivity index (χ3v) is 8.98. The third-order valence-electron chi connectivity index (χ3n) is 6.55. The van der Waals surface area contributed by atoms with Gasteiger partial charge in [0.05, 0.1) is 15.5 Å². The van der Waals surface area contributed by atoms with Crippen molar-refractivity contribution in [1.82, 2.24) is 14.9 Å². The Balaban J connectivity index is 1.51. The van der Waals surface area contributed by atoms with Gasteiger partial charge in [-0.2, -0.15) is 4.98 Å². The molecule has 2 heterocycles. The van der Waals surface area contributed by atoms with E-state index < -0.39 is 14.8 Å². The first kappa shape index (κ1) is 27.9. The number of halogens is 1. The summed E-state index contributed by atoms with van der Waals surface area (Å²) in [6.07, 6.45) is 1.74. The maximum Gasteiger partial charge on any atom is 0.237 e. The highest BCUT2D eigenvalue weighted by Gasteiger charge is 2.29. The molecule has 0 unspecified atom stereocenters. The molecule has 0 radical (unpaired) electrons. The third kappa shape index (κ3) is 6.48. The average Bonchev–Trinajstić information content (AvgIpc) is 2.83. The molecule has 0 spiro atoms. The Labute approximate surface area is 230 Å². The van der Waals surface area contributed by atoms with Gasteiger partial charge in [-0.05, 0) is 83.6 Å². The van der Waals surface area contributed by atoms with Crippen molar-refractivity contribution in [3.63, 3.8) is 0 Å². The van der Waals surface area contributed by atoms with E-state index in [4.69, 9.17) is 11.6 Å². The van der Waals surface area contributed by atoms with Crippen LogP contribution < -0.4 is 20.3 Å². The number of aryl methyl sites for hydroxylation is 2. The fraction of sp³-hybridized carbons (Fsp3) is 0.407. The number of anilines is 6. The SMILES string of the molecule is Cc1cc(Nc2ncc(C)c(Nc3ccc(Cl)c(NS(=O)(=O)C(C)(C)C)c3)n2)ccc1N1CCN(C)CC1. The first-order valence-corrected chi connectivity index (χ1v) is 14.4. The monoisotopic (exact) mass is 557 g/mol. The van der Waals surface area contributed by atoms with Gasteiger partial charge in [-0.3, -0.25) is 4.72 Å². The Morgan fingerprint density at radius 3 is 2.24 bits per heavy atom. The maximum absolute atomic E-state index is 12.6. The molecule has 0 atom stereocenters. The molecule has 1 aromatic heterocycles. The molecule has 38 heavy (non-hydrogen) atoms. The number of nitrogens with one attached hydrogen (secondary N) is 3. The molecule has 4 rings (SSSR count). The number of benzene rings is 2. The van der Waals surface area contributed by atoms with E-state index in [1.807, 2.05) is 13.0 Å². The lowest BCUT2D eigenvalue weighted by Gasteiger charge is -2.35. The largest absolute Gasteiger partial charge is 0.369 e. The lowest BCUT2D eigenvalue weighted by atomic mass is 10.1. The van der Waals surface area contributed by atoms with Gasteiger partial charge < -0.3 is 20.4 Å². The zero-order valence-corrected chi connectivity index (χ0v) is 24.3. The van der Waals surface area contributed by atoms with Crippen LogP contribution in [0.15, 0.2) is 42.6 Å². The number of hydrogen-bond donors (Lipinski definition) is 3. The summed E-state index contributed by atoms with van der Waals surface area (Å²) in [6, 6.07) is 11.4. The van der Waals surface area contributed by atoms with Crippen LogP contribution in [-0.2, 0) is 10.0 Å². The quantitative estimate of drug-likeness (QED) is 0.349. The van der Waals surface area contributed by atoms with E-state index >= 15 is 0 Å². The summed E-state index contributed by atoms with van der Waals surface area (Å²) in [5, 5.41) is 6.87. The molecule has 1 aliphatic heterocycles. The zero-order chi connectivity index (χ0) is 27.7. The molecule has 0 aliphatic carbocycles. The molecule has 1 fully saturated rings. The van der Waals surface area contributed by atoms with E-state index in [0.29, 0.717) is 28.2 Å². The summed E-state index contributed by atoms with van der Waals surface area (Å²) < 4.78 is 26.9. The molecule has 2 aromatic carbocycles. The summed E-state index contributed by atoms with van der Waals surface area (Å²) in [6.45, 7) is 13.1. The van der Waals surface area contributed by atoms with Gasteiger partial charge >= 0.3 is 0 Å². The van der Waals surface area contributed by atoms with Gasteiger partial charge in [-0.15, -0.1) is 0 Å². The molecule has 1 aliphatic rings. The Morgan fingerprint density at radius 1 is 0.921 bits per heavy atom. The van der Waals surface area contributed by atoms with Crippen molar-refractivity contribution in [2.75, 3.05) is 53.5 Å². The number of sulfonamides is 1. The summed E-state index contributed by atoms with van der Waals surface area (Å²) in [7, 11) is -1.48. The first-order chi connectivity index (χ1) is 17.8. The van der Waals surface area contributed by atoms with E-state index in [0.717, 1.165) is 37.4 Å². The van der Waals surface area contributed by atoms with Crippen LogP contribution in [0.1, 0.15) is 31.9 Å². The molecule has 0 saturated carbocycles. The Bertz CT molecular complexity index is 1420. The van der Waals surface area contributed by atoms with Crippen molar-refractivity contribution in [1.29, 1.82) is 0 Å². The van der Waals surface area contributed by atoms with Crippen LogP contribution in [0.5, 0.6) is 0 Å². The molecule has 3 N–H and O–H groups in total. The molecule has 1 saturated heterocycles. The second kappa shape index (κ2) is 11.0. The van der Waals surface area contributed by atoms with Crippen LogP contribution in [0.4, 0.5) is 34.5 Å². The highest BCUT2D eigenvalue weighted by molar-refractivity contribution is 7.94. The van der Waals surface area contributed by atoms with Crippen LogP contribution >= 0.6 is 11.6 Å². The van der Waals surface area contributed by atoms with Crippen molar-refractivity contribution in [3.8, 4) is 0 Å². The number of hydrogen-bond acceptors (Lipinski definition) is 8. The van der Waals surface area contributed by atoms with Gasteiger partial charge in [0.2, 0.25) is 16.0 Å². The van der Waals surface area contributed by atoms with E-state index in [2.05, 4.69) is 61.2 Å². The average molecular weight is 558 g/mol. The predicted molar refractivity (Wildman–Crippen MR) is 158 cm³/mol. The summed E-state index contributed by atoms with van der Waals surface area (Å²) in [4.78, 5) is 13.9. The lowest BCUT2D eigenvalue weighted by molar-refractivity contribution is 0.312. The first-order valence-electron chi connectivity index (χ1n) is 12.6. The van der Waals surface area contributed by atoms with E-state index in [-0.39, 0.29) is 0 Å². The fourth-order valence-corrected chi connectivity index (χ4v) is 4.99. The predicted octanol–water partition coefficient (Wildman–Crippen LogP) is 5.53. The van der Waals surface area contributed by atoms with Gasteiger partial charge in [0.1, 0.15) is 5.82 Å². The van der Waals surface area contributed by atoms with Crippen molar-refractivity contribution < 1.29 is 8.42 Å². The molecular weight excluding hydrogens is 522 g/mol. The Hall–Kier alpha value is -3.08. The van der Waals surface area contributed by atoms with Crippen LogP contribution in [0.25, 0.3) is 0 Å². The molecule has 204 valence electrons. The number of aromatic nitrogens is 2. The summed E-state index contributed by atoms with van der Waals surface area (Å²) in [5.74, 6) is 1.05. The summed E-state index contributed by atoms with van der Waals surface area (Å²) >= 11 is 6.29. The smallest absolute Gasteiger partial charge is 0.237 e. The normalized spacial score (nSPS) is 14.9. The van der Waals surface area contributed by atoms with Crippen LogP contribution in [-0.4, -0.2) is 61.3 Å². The van der Waals surface area contributed by atoms with Gasteiger partial charge in [0.25, 0.3) is 0 Å². The number of piperazine rings is 1. The molecule has 0 amide bonds. The van der Waals surface area contributed by atoms with Crippen LogP contribution in [0.3, 0.4) is 0 Å². The van der Waals surface area contributed by atoms with E-state index in [1.165, 1.54) is 11.3 Å². The Morgan fingerprint density at radius 2 is 1.58 bits per heavy atom. The lowest BCUT2D eigenvalue weighted by Crippen LogP contribution is -2.44. The fourth-order valence-electron chi connectivity index (χ4n) is 4.01. The second-order valence-electron chi connectivity index (χ2n) is 10.7. The molecular formula is C27H36ClN7O2S. The minimum absolute atomic E-state index is 0.299. The number of nitrogens with zero attached hydrogens (tertiary/aromatic N) is 4. The van der Waals surface area contributed by atoms with Crippen LogP contribution in [0, 0.1) is 13.8 Å². The highest BCUT2D eigenvalue weighted by Crippen LogP contribution is 2.31. The van der Waals surface area contributed by atoms with E-state index in [1.54, 1.807) is 45.2 Å². The van der Waals surface area contributed by atoms with Crippen LogP contribution in [0.2, 0.25) is 5.02 Å². The topological polar surface area (TPSA) is 102 Å². The van der Waals surface area contributed by atoms with E-state index in [9.17, 15) is 8.42 Å². The van der Waals surface area contributed by atoms with Crippen molar-refractivity contribution in [2.24, 2.45) is 0 Å². The maximum atomic E-state index is 12.6. The zero-order valence-electron chi connectivity index (χ0n) is 22.8. The number of rotatable bonds is 7. The minimum atomic E-state index is -3.63. The standard InChI is InChI=1S/C27H36ClN7O2S/c1-18-15-20(8-10-24(18)35-13-11-34(6)12-14-35)31-26-29-17-19(2)25(32-26)30-21-7-9-22(28)23(16-21)33-38(36,37)27(3,4)5/h7-10,15-17,33H,11-14H2,1-6H3,(H2,29,30,31,32). The van der Waals surface area contributed by atoms with Gasteiger partial charge in [-0.25, -0.2) is 13.4 Å². The van der Waals surface area contributed by atoms with Gasteiger partial charge in [0, 0.05) is 55.0 Å². The minimum Gasteiger partial charge on any atom is -0.369 e. The van der Waals surface area contributed by atoms with Crippen molar-refractivity contribution in [2.45, 2.75) is 39.4 Å². The molecule has 3 aromatic rings. The molecule has 9 nitrogen and oxygen atoms in total. The van der Waals surface area contributed by atoms with Gasteiger partial charge in [0.15, 0.2) is 0 Å². The number of likely N-dealkylation sites (N-methyl/N-ethyl adjacent to an activating group) is 1. The summed E-state index contributed by atoms with van der Waals surface area (Å²) in [5.41, 5.74) is 5.12. The van der Waals surface area contributed by atoms with Gasteiger partial charge in [-0.1, -0.05) is 11.6 Å².